The molecule has 0 aliphatic rings. The van der Waals surface area contributed by atoms with Crippen molar-refractivity contribution in [1.29, 1.82) is 0 Å². The highest BCUT2D eigenvalue weighted by atomic mass is 31.2. The van der Waals surface area contributed by atoms with Crippen LogP contribution in [0.15, 0.2) is 0 Å². The lowest BCUT2D eigenvalue weighted by Crippen LogP contribution is -2.40. The topological polar surface area (TPSA) is 58.6 Å². The van der Waals surface area contributed by atoms with Gasteiger partial charge in [-0.15, -0.1) is 0 Å². The highest BCUT2D eigenvalue weighted by Crippen LogP contribution is 2.43. The molecule has 0 saturated carbocycles. The Morgan fingerprint density at radius 1 is 1.20 bits per heavy atom. The maximum atomic E-state index is 12.1. The molecule has 0 aromatic rings. The van der Waals surface area contributed by atoms with Gasteiger partial charge in [-0.25, -0.2) is 0 Å². The predicted molar refractivity (Wildman–Crippen MR) is 36.2 cm³/mol. The Balaban J connectivity index is 4.33. The number of alkyl halides is 5. The smallest absolute Gasteiger partial charge is 0.455 e. The van der Waals surface area contributed by atoms with Crippen LogP contribution in [-0.4, -0.2) is 25.3 Å². The average molecular weight is 257 g/mol. The van der Waals surface area contributed by atoms with Crippen LogP contribution >= 0.6 is 7.82 Å². The molecule has 1 atom stereocenters. The minimum absolute atomic E-state index is 0.418. The lowest BCUT2D eigenvalue weighted by molar-refractivity contribution is -0.298. The van der Waals surface area contributed by atoms with Crippen LogP contribution in [0.1, 0.15) is 6.92 Å². The summed E-state index contributed by atoms with van der Waals surface area (Å²) in [4.78, 5) is 10.5. The molecular formula is C5H7F5O4P-. The molecule has 10 heteroatoms. The highest BCUT2D eigenvalue weighted by molar-refractivity contribution is 7.45. The summed E-state index contributed by atoms with van der Waals surface area (Å²) in [5.74, 6) is -5.23. The molecule has 92 valence electrons. The van der Waals surface area contributed by atoms with Crippen LogP contribution in [0.2, 0.25) is 0 Å². The number of phosphoric ester groups is 1. The Hall–Kier alpha value is -0.240. The quantitative estimate of drug-likeness (QED) is 0.555. The van der Waals surface area contributed by atoms with Crippen LogP contribution in [0, 0.1) is 0 Å². The van der Waals surface area contributed by atoms with E-state index in [1.165, 1.54) is 6.92 Å². The molecule has 1 unspecified atom stereocenters. The Labute approximate surface area is 81.6 Å². The van der Waals surface area contributed by atoms with Gasteiger partial charge in [-0.05, 0) is 6.92 Å². The Morgan fingerprint density at radius 2 is 1.67 bits per heavy atom. The van der Waals surface area contributed by atoms with Gasteiger partial charge in [-0.1, -0.05) is 0 Å². The minimum atomic E-state index is -5.86. The van der Waals surface area contributed by atoms with Gasteiger partial charge in [-0.2, -0.15) is 22.0 Å². The van der Waals surface area contributed by atoms with E-state index in [1.807, 2.05) is 0 Å². The second-order valence-corrected chi connectivity index (χ2v) is 3.75. The van der Waals surface area contributed by atoms with E-state index in [0.29, 0.717) is 0 Å². The lowest BCUT2D eigenvalue weighted by Gasteiger charge is -2.25. The van der Waals surface area contributed by atoms with Crippen molar-refractivity contribution in [2.75, 3.05) is 13.2 Å². The standard InChI is InChI=1S/C5H8F5O4P/c1-2-13-15(11,12)14-3-4(6,7)5(8,9)10/h2-3H2,1H3,(H,11,12)/p-1. The number of hydrogen-bond donors (Lipinski definition) is 0. The second kappa shape index (κ2) is 4.73. The number of rotatable bonds is 5. The number of phosphoric acid groups is 1. The maximum Gasteiger partial charge on any atom is 0.455 e. The van der Waals surface area contributed by atoms with Gasteiger partial charge in [0.1, 0.15) is 6.61 Å². The van der Waals surface area contributed by atoms with Gasteiger partial charge in [0.25, 0.3) is 7.82 Å². The van der Waals surface area contributed by atoms with E-state index in [0.717, 1.165) is 0 Å². The molecule has 0 heterocycles. The van der Waals surface area contributed by atoms with Crippen molar-refractivity contribution in [2.24, 2.45) is 0 Å². The summed E-state index contributed by atoms with van der Waals surface area (Å²) >= 11 is 0. The predicted octanol–water partition coefficient (Wildman–Crippen LogP) is 1.71. The van der Waals surface area contributed by atoms with Crippen molar-refractivity contribution in [2.45, 2.75) is 19.0 Å². The van der Waals surface area contributed by atoms with E-state index in [4.69, 9.17) is 0 Å². The molecule has 0 bridgehead atoms. The monoisotopic (exact) mass is 257 g/mol. The van der Waals surface area contributed by atoms with Gasteiger partial charge in [0, 0.05) is 0 Å². The van der Waals surface area contributed by atoms with Gasteiger partial charge in [0.05, 0.1) is 6.61 Å². The fraction of sp³-hybridized carbons (Fsp3) is 1.00. The van der Waals surface area contributed by atoms with E-state index in [-0.39, 0.29) is 0 Å². The molecule has 0 aromatic heterocycles. The van der Waals surface area contributed by atoms with Crippen molar-refractivity contribution in [3.05, 3.63) is 0 Å². The van der Waals surface area contributed by atoms with E-state index in [1.54, 1.807) is 0 Å². The summed E-state index contributed by atoms with van der Waals surface area (Å²) in [5, 5.41) is 0. The minimum Gasteiger partial charge on any atom is -0.756 e. The van der Waals surface area contributed by atoms with Crippen molar-refractivity contribution in [3.8, 4) is 0 Å². The third-order valence-corrected chi connectivity index (χ3v) is 2.13. The summed E-state index contributed by atoms with van der Waals surface area (Å²) in [6.07, 6.45) is -5.86. The number of hydrogen-bond acceptors (Lipinski definition) is 4. The molecule has 0 aliphatic carbocycles. The first kappa shape index (κ1) is 14.8. The van der Waals surface area contributed by atoms with Gasteiger partial charge in [0.2, 0.25) is 0 Å². The Morgan fingerprint density at radius 3 is 2.00 bits per heavy atom. The van der Waals surface area contributed by atoms with E-state index in [2.05, 4.69) is 9.05 Å². The third-order valence-electron chi connectivity index (χ3n) is 1.11. The molecule has 0 radical (unpaired) electrons. The van der Waals surface area contributed by atoms with E-state index < -0.39 is 33.1 Å². The first-order valence-electron chi connectivity index (χ1n) is 3.56. The molecule has 0 saturated heterocycles. The molecule has 4 nitrogen and oxygen atoms in total. The van der Waals surface area contributed by atoms with Gasteiger partial charge >= 0.3 is 12.1 Å². The van der Waals surface area contributed by atoms with Crippen molar-refractivity contribution >= 4 is 7.82 Å². The Bertz CT molecular complexity index is 252. The van der Waals surface area contributed by atoms with Gasteiger partial charge in [-0.3, -0.25) is 4.57 Å². The molecule has 0 rings (SSSR count). The molecule has 0 N–H and O–H groups in total. The molecular weight excluding hydrogens is 250 g/mol. The zero-order valence-electron chi connectivity index (χ0n) is 7.38. The third kappa shape index (κ3) is 4.87. The largest absolute Gasteiger partial charge is 0.756 e. The Kier molecular flexibility index (Phi) is 4.66. The van der Waals surface area contributed by atoms with Crippen molar-refractivity contribution in [1.82, 2.24) is 0 Å². The summed E-state index contributed by atoms with van der Waals surface area (Å²) in [6.45, 7) is -1.54. The van der Waals surface area contributed by atoms with Crippen LogP contribution in [0.25, 0.3) is 0 Å². The number of halogens is 5. The fourth-order valence-electron chi connectivity index (χ4n) is 0.437. The second-order valence-electron chi connectivity index (χ2n) is 2.34. The molecule has 15 heavy (non-hydrogen) atoms. The molecule has 0 amide bonds. The SMILES string of the molecule is CCOP(=O)([O-])OCC(F)(F)C(F)(F)F. The summed E-state index contributed by atoms with van der Waals surface area (Å²) < 4.78 is 76.5. The normalized spacial score (nSPS) is 17.5. The van der Waals surface area contributed by atoms with Crippen LogP contribution in [0.4, 0.5) is 22.0 Å². The molecule has 0 aromatic carbocycles. The fourth-order valence-corrected chi connectivity index (χ4v) is 1.15. The molecule has 0 spiro atoms. The lowest BCUT2D eigenvalue weighted by atomic mass is 10.3. The summed E-state index contributed by atoms with van der Waals surface area (Å²) in [5.41, 5.74) is 0. The van der Waals surface area contributed by atoms with Crippen LogP contribution < -0.4 is 4.89 Å². The summed E-state index contributed by atoms with van der Waals surface area (Å²) in [6, 6.07) is 0. The van der Waals surface area contributed by atoms with Crippen LogP contribution in [-0.2, 0) is 13.6 Å². The van der Waals surface area contributed by atoms with Gasteiger partial charge in [0.15, 0.2) is 0 Å². The van der Waals surface area contributed by atoms with Crippen molar-refractivity contribution < 1.29 is 40.5 Å². The average Bonchev–Trinajstić information content (AvgIpc) is 1.99. The van der Waals surface area contributed by atoms with Gasteiger partial charge < -0.3 is 13.9 Å². The molecule has 0 aliphatic heterocycles. The zero-order chi connectivity index (χ0) is 12.3. The first-order valence-corrected chi connectivity index (χ1v) is 5.02. The van der Waals surface area contributed by atoms with Crippen molar-refractivity contribution in [3.63, 3.8) is 0 Å². The zero-order valence-corrected chi connectivity index (χ0v) is 8.28. The molecule has 0 fully saturated rings. The van der Waals surface area contributed by atoms with E-state index in [9.17, 15) is 31.4 Å². The van der Waals surface area contributed by atoms with E-state index >= 15 is 0 Å². The van der Waals surface area contributed by atoms with Crippen LogP contribution in [0.5, 0.6) is 0 Å². The summed E-state index contributed by atoms with van der Waals surface area (Å²) in [7, 11) is -5.09. The van der Waals surface area contributed by atoms with Crippen LogP contribution in [0.3, 0.4) is 0 Å². The highest BCUT2D eigenvalue weighted by Gasteiger charge is 2.58. The maximum absolute atomic E-state index is 12.1. The first-order chi connectivity index (χ1) is 6.52.